The summed E-state index contributed by atoms with van der Waals surface area (Å²) in [5.41, 5.74) is 2.96. The van der Waals surface area contributed by atoms with Crippen LogP contribution < -0.4 is 0 Å². The van der Waals surface area contributed by atoms with Gasteiger partial charge in [0.25, 0.3) is 0 Å². The van der Waals surface area contributed by atoms with Crippen LogP contribution in [0, 0.1) is 0 Å². The summed E-state index contributed by atoms with van der Waals surface area (Å²) in [5.74, 6) is 1.17. The molecule has 0 aliphatic heterocycles. The van der Waals surface area contributed by atoms with Gasteiger partial charge in [0.05, 0.1) is 5.69 Å². The molecule has 0 aliphatic carbocycles. The van der Waals surface area contributed by atoms with Gasteiger partial charge in [-0.15, -0.1) is 0 Å². The molecule has 1 heterocycles. The van der Waals surface area contributed by atoms with Crippen molar-refractivity contribution >= 4 is 0 Å². The molecule has 0 amide bonds. The Hall–Kier alpha value is -0.790. The molecule has 0 aromatic carbocycles. The van der Waals surface area contributed by atoms with Gasteiger partial charge in [0.1, 0.15) is 5.82 Å². The standard InChI is InChI=1S/C20H38N2/c1-10-12-14-20(8,9)17-21-15(18(3,4)5)16(22-17)19(6,7)13-11-2/h10-14H2,1-9H3,(H,21,22). The van der Waals surface area contributed by atoms with Crippen molar-refractivity contribution in [2.75, 3.05) is 0 Å². The lowest BCUT2D eigenvalue weighted by atomic mass is 9.78. The number of hydrogen-bond donors (Lipinski definition) is 1. The molecule has 2 nitrogen and oxygen atoms in total. The number of H-pyrrole nitrogens is 1. The highest BCUT2D eigenvalue weighted by molar-refractivity contribution is 5.30. The highest BCUT2D eigenvalue weighted by atomic mass is 15.0. The summed E-state index contributed by atoms with van der Waals surface area (Å²) in [7, 11) is 0. The van der Waals surface area contributed by atoms with Crippen molar-refractivity contribution in [3.8, 4) is 0 Å². The molecular formula is C20H38N2. The lowest BCUT2D eigenvalue weighted by molar-refractivity contribution is 0.426. The fourth-order valence-electron chi connectivity index (χ4n) is 3.21. The van der Waals surface area contributed by atoms with Gasteiger partial charge in [-0.25, -0.2) is 4.98 Å². The first kappa shape index (κ1) is 19.3. The molecule has 1 rings (SSSR count). The molecule has 0 atom stereocenters. The molecule has 0 fully saturated rings. The maximum Gasteiger partial charge on any atom is 0.112 e. The molecule has 2 heteroatoms. The van der Waals surface area contributed by atoms with E-state index in [0.717, 1.165) is 0 Å². The van der Waals surface area contributed by atoms with Crippen molar-refractivity contribution in [2.24, 2.45) is 0 Å². The Morgan fingerprint density at radius 3 is 1.86 bits per heavy atom. The second-order valence-electron chi connectivity index (χ2n) is 9.18. The smallest absolute Gasteiger partial charge is 0.112 e. The topological polar surface area (TPSA) is 28.7 Å². The maximum atomic E-state index is 5.10. The van der Waals surface area contributed by atoms with E-state index in [-0.39, 0.29) is 16.2 Å². The molecule has 128 valence electrons. The van der Waals surface area contributed by atoms with Crippen molar-refractivity contribution in [2.45, 2.75) is 111 Å². The second-order valence-corrected chi connectivity index (χ2v) is 9.18. The van der Waals surface area contributed by atoms with Crippen molar-refractivity contribution in [1.82, 2.24) is 9.97 Å². The number of hydrogen-bond acceptors (Lipinski definition) is 1. The van der Waals surface area contributed by atoms with Gasteiger partial charge in [-0.2, -0.15) is 0 Å². The lowest BCUT2D eigenvalue weighted by Gasteiger charge is -2.28. The molecule has 1 N–H and O–H groups in total. The van der Waals surface area contributed by atoms with E-state index in [1.807, 2.05) is 0 Å². The van der Waals surface area contributed by atoms with Gasteiger partial charge in [0.2, 0.25) is 0 Å². The van der Waals surface area contributed by atoms with Crippen LogP contribution in [0.4, 0.5) is 0 Å². The summed E-state index contributed by atoms with van der Waals surface area (Å²) in [6, 6.07) is 0. The van der Waals surface area contributed by atoms with Crippen LogP contribution in [-0.2, 0) is 16.2 Å². The molecule has 1 aromatic rings. The quantitative estimate of drug-likeness (QED) is 0.633. The van der Waals surface area contributed by atoms with Gasteiger partial charge in [0.15, 0.2) is 0 Å². The Bertz CT molecular complexity index is 472. The van der Waals surface area contributed by atoms with Gasteiger partial charge < -0.3 is 4.98 Å². The predicted octanol–water partition coefficient (Wildman–Crippen LogP) is 6.25. The summed E-state index contributed by atoms with van der Waals surface area (Å²) in [6.45, 7) is 20.7. The molecule has 0 saturated carbocycles. The largest absolute Gasteiger partial charge is 0.345 e. The molecule has 0 aliphatic rings. The highest BCUT2D eigenvalue weighted by Crippen LogP contribution is 2.38. The molecule has 0 spiro atoms. The minimum absolute atomic E-state index is 0.0793. The zero-order valence-corrected chi connectivity index (χ0v) is 16.5. The Labute approximate surface area is 138 Å². The molecule has 0 bridgehead atoms. The number of rotatable bonds is 7. The van der Waals surface area contributed by atoms with Crippen LogP contribution in [0.5, 0.6) is 0 Å². The summed E-state index contributed by atoms with van der Waals surface area (Å²) >= 11 is 0. The van der Waals surface area contributed by atoms with E-state index in [4.69, 9.17) is 4.98 Å². The molecule has 1 aromatic heterocycles. The van der Waals surface area contributed by atoms with Gasteiger partial charge in [-0.1, -0.05) is 81.6 Å². The number of imidazole rings is 1. The first-order valence-electron chi connectivity index (χ1n) is 9.07. The number of aromatic nitrogens is 2. The summed E-state index contributed by atoms with van der Waals surface area (Å²) in [5, 5.41) is 0. The Morgan fingerprint density at radius 1 is 0.818 bits per heavy atom. The second kappa shape index (κ2) is 6.76. The minimum atomic E-state index is 0.0793. The first-order valence-corrected chi connectivity index (χ1v) is 9.07. The molecular weight excluding hydrogens is 268 g/mol. The van der Waals surface area contributed by atoms with E-state index in [9.17, 15) is 0 Å². The highest BCUT2D eigenvalue weighted by Gasteiger charge is 2.34. The average molecular weight is 307 g/mol. The summed E-state index contributed by atoms with van der Waals surface area (Å²) < 4.78 is 0. The first-order chi connectivity index (χ1) is 9.95. The lowest BCUT2D eigenvalue weighted by Crippen LogP contribution is -2.24. The molecule has 22 heavy (non-hydrogen) atoms. The number of unbranched alkanes of at least 4 members (excludes halogenated alkanes) is 1. The summed E-state index contributed by atoms with van der Waals surface area (Å²) in [4.78, 5) is 8.85. The van der Waals surface area contributed by atoms with E-state index in [1.54, 1.807) is 0 Å². The third kappa shape index (κ3) is 4.36. The van der Waals surface area contributed by atoms with Crippen LogP contribution in [0.25, 0.3) is 0 Å². The Kier molecular flexibility index (Phi) is 5.92. The number of aromatic amines is 1. The number of nitrogens with zero attached hydrogens (tertiary/aromatic N) is 1. The normalized spacial score (nSPS) is 13.7. The van der Waals surface area contributed by atoms with Crippen LogP contribution in [0.15, 0.2) is 0 Å². The summed E-state index contributed by atoms with van der Waals surface area (Å²) in [6.07, 6.45) is 6.07. The van der Waals surface area contributed by atoms with Crippen LogP contribution in [0.3, 0.4) is 0 Å². The predicted molar refractivity (Wildman–Crippen MR) is 97.8 cm³/mol. The van der Waals surface area contributed by atoms with Gasteiger partial charge >= 0.3 is 0 Å². The molecule has 0 unspecified atom stereocenters. The average Bonchev–Trinajstić information content (AvgIpc) is 2.82. The van der Waals surface area contributed by atoms with Gasteiger partial charge in [-0.05, 0) is 12.8 Å². The van der Waals surface area contributed by atoms with Crippen LogP contribution in [-0.4, -0.2) is 9.97 Å². The van der Waals surface area contributed by atoms with Gasteiger partial charge in [0, 0.05) is 21.9 Å². The fraction of sp³-hybridized carbons (Fsp3) is 0.850. The SMILES string of the molecule is CCCCC(C)(C)c1nc(C(C)(C)C)c(C(C)(C)CCC)[nH]1. The van der Waals surface area contributed by atoms with E-state index in [1.165, 1.54) is 49.3 Å². The van der Waals surface area contributed by atoms with Crippen molar-refractivity contribution in [3.63, 3.8) is 0 Å². The molecule has 0 radical (unpaired) electrons. The van der Waals surface area contributed by atoms with E-state index in [0.29, 0.717) is 0 Å². The van der Waals surface area contributed by atoms with E-state index < -0.39 is 0 Å². The zero-order valence-electron chi connectivity index (χ0n) is 16.5. The minimum Gasteiger partial charge on any atom is -0.345 e. The van der Waals surface area contributed by atoms with Crippen molar-refractivity contribution < 1.29 is 0 Å². The fourth-order valence-corrected chi connectivity index (χ4v) is 3.21. The van der Waals surface area contributed by atoms with Crippen LogP contribution in [0.2, 0.25) is 0 Å². The maximum absolute atomic E-state index is 5.10. The Morgan fingerprint density at radius 2 is 1.41 bits per heavy atom. The van der Waals surface area contributed by atoms with Crippen molar-refractivity contribution in [3.05, 3.63) is 17.2 Å². The Balaban J connectivity index is 3.33. The van der Waals surface area contributed by atoms with Crippen molar-refractivity contribution in [1.29, 1.82) is 0 Å². The monoisotopic (exact) mass is 306 g/mol. The van der Waals surface area contributed by atoms with Gasteiger partial charge in [-0.3, -0.25) is 0 Å². The third-order valence-corrected chi connectivity index (χ3v) is 4.76. The third-order valence-electron chi connectivity index (χ3n) is 4.76. The zero-order chi connectivity index (χ0) is 17.2. The number of nitrogens with one attached hydrogen (secondary N) is 1. The molecule has 0 saturated heterocycles. The van der Waals surface area contributed by atoms with Crippen LogP contribution >= 0.6 is 0 Å². The van der Waals surface area contributed by atoms with Crippen LogP contribution in [0.1, 0.15) is 112 Å². The van der Waals surface area contributed by atoms with E-state index >= 15 is 0 Å². The van der Waals surface area contributed by atoms with E-state index in [2.05, 4.69) is 67.3 Å².